The Bertz CT molecular complexity index is 798. The lowest BCUT2D eigenvalue weighted by Gasteiger charge is -1.98. The van der Waals surface area contributed by atoms with Crippen LogP contribution >= 0.6 is 11.3 Å². The third-order valence-corrected chi connectivity index (χ3v) is 4.03. The first-order chi connectivity index (χ1) is 9.06. The van der Waals surface area contributed by atoms with Crippen LogP contribution in [0, 0.1) is 0 Å². The van der Waals surface area contributed by atoms with Gasteiger partial charge < -0.3 is 10.7 Å². The van der Waals surface area contributed by atoms with E-state index in [2.05, 4.69) is 15.2 Å². The van der Waals surface area contributed by atoms with Gasteiger partial charge in [0.25, 0.3) is 0 Å². The zero-order valence-electron chi connectivity index (χ0n) is 10.5. The number of benzene rings is 1. The average molecular weight is 275 g/mol. The van der Waals surface area contributed by atoms with Gasteiger partial charge in [0, 0.05) is 11.6 Å². The maximum atomic E-state index is 12.0. The molecule has 0 aliphatic rings. The van der Waals surface area contributed by atoms with Crippen molar-refractivity contribution in [2.24, 2.45) is 0 Å². The number of rotatable bonds is 2. The van der Waals surface area contributed by atoms with Gasteiger partial charge in [-0.1, -0.05) is 25.2 Å². The molecule has 0 bridgehead atoms. The van der Waals surface area contributed by atoms with Crippen LogP contribution in [0.1, 0.15) is 24.8 Å². The van der Waals surface area contributed by atoms with E-state index < -0.39 is 0 Å². The second-order valence-electron chi connectivity index (χ2n) is 4.62. The number of nitrogens with one attached hydrogen (secondary N) is 1. The highest BCUT2D eigenvalue weighted by Crippen LogP contribution is 2.24. The van der Waals surface area contributed by atoms with Crippen molar-refractivity contribution in [2.45, 2.75) is 19.8 Å². The average Bonchev–Trinajstić information content (AvgIpc) is 2.91. The van der Waals surface area contributed by atoms with Gasteiger partial charge in [-0.2, -0.15) is 0 Å². The molecule has 0 fully saturated rings. The zero-order valence-corrected chi connectivity index (χ0v) is 11.4. The third kappa shape index (κ3) is 1.91. The summed E-state index contributed by atoms with van der Waals surface area (Å²) in [6.07, 6.45) is 0. The number of aromatic nitrogens is 4. The summed E-state index contributed by atoms with van der Waals surface area (Å²) >= 11 is 1.42. The van der Waals surface area contributed by atoms with Crippen molar-refractivity contribution in [3.05, 3.63) is 33.7 Å². The van der Waals surface area contributed by atoms with E-state index in [-0.39, 0.29) is 5.69 Å². The summed E-state index contributed by atoms with van der Waals surface area (Å²) in [6.45, 7) is 4.09. The molecule has 0 radical (unpaired) electrons. The fraction of sp³-hybridized carbons (Fsp3) is 0.250. The highest BCUT2D eigenvalue weighted by atomic mass is 32.1. The van der Waals surface area contributed by atoms with E-state index in [1.165, 1.54) is 15.9 Å². The van der Waals surface area contributed by atoms with Gasteiger partial charge in [-0.15, -0.1) is 10.2 Å². The van der Waals surface area contributed by atoms with Gasteiger partial charge in [-0.05, 0) is 18.2 Å². The van der Waals surface area contributed by atoms with E-state index in [4.69, 9.17) is 5.73 Å². The first-order valence-corrected chi connectivity index (χ1v) is 6.72. The highest BCUT2D eigenvalue weighted by Gasteiger charge is 2.14. The number of hydrogen-bond acceptors (Lipinski definition) is 5. The standard InChI is InChI=1S/C12H13N5OS/c1-6(2)10-15-16-12(19-10)17-9-4-3-7(13)5-8(9)14-11(17)18/h3-6H,13H2,1-2H3,(H,14,18). The SMILES string of the molecule is CC(C)c1nnc(-n2c(=O)[nH]c3cc(N)ccc32)s1. The predicted octanol–water partition coefficient (Wildman–Crippen LogP) is 1.88. The molecule has 3 rings (SSSR count). The Morgan fingerprint density at radius 3 is 2.84 bits per heavy atom. The molecule has 0 spiro atoms. The maximum Gasteiger partial charge on any atom is 0.332 e. The molecule has 2 aromatic heterocycles. The number of nitrogens with two attached hydrogens (primary N) is 1. The molecule has 6 nitrogen and oxygen atoms in total. The summed E-state index contributed by atoms with van der Waals surface area (Å²) in [4.78, 5) is 14.8. The molecule has 0 aliphatic carbocycles. The van der Waals surface area contributed by atoms with E-state index in [0.717, 1.165) is 10.5 Å². The van der Waals surface area contributed by atoms with Gasteiger partial charge in [0.2, 0.25) is 5.13 Å². The van der Waals surface area contributed by atoms with Gasteiger partial charge >= 0.3 is 5.69 Å². The smallest absolute Gasteiger partial charge is 0.332 e. The molecule has 0 unspecified atom stereocenters. The molecule has 0 amide bonds. The Balaban J connectivity index is 2.23. The van der Waals surface area contributed by atoms with Crippen LogP contribution in [0.25, 0.3) is 16.2 Å². The minimum atomic E-state index is -0.230. The minimum Gasteiger partial charge on any atom is -0.399 e. The molecule has 0 saturated heterocycles. The Labute approximate surface area is 112 Å². The molecule has 3 N–H and O–H groups in total. The predicted molar refractivity (Wildman–Crippen MR) is 75.9 cm³/mol. The van der Waals surface area contributed by atoms with Crippen LogP contribution in [0.15, 0.2) is 23.0 Å². The molecule has 0 aliphatic heterocycles. The number of hydrogen-bond donors (Lipinski definition) is 2. The van der Waals surface area contributed by atoms with Gasteiger partial charge in [-0.3, -0.25) is 0 Å². The monoisotopic (exact) mass is 275 g/mol. The Morgan fingerprint density at radius 1 is 1.37 bits per heavy atom. The summed E-state index contributed by atoms with van der Waals surface area (Å²) in [5.74, 6) is 0.294. The van der Waals surface area contributed by atoms with Crippen molar-refractivity contribution >= 4 is 28.1 Å². The molecule has 3 aromatic rings. The normalized spacial score (nSPS) is 11.5. The molecule has 2 heterocycles. The first kappa shape index (κ1) is 11.9. The van der Waals surface area contributed by atoms with Crippen LogP contribution in [0.5, 0.6) is 0 Å². The Kier molecular flexibility index (Phi) is 2.63. The topological polar surface area (TPSA) is 89.6 Å². The van der Waals surface area contributed by atoms with Crippen molar-refractivity contribution in [3.8, 4) is 5.13 Å². The second kappa shape index (κ2) is 4.20. The Morgan fingerprint density at radius 2 is 2.16 bits per heavy atom. The molecule has 0 atom stereocenters. The first-order valence-electron chi connectivity index (χ1n) is 5.90. The number of nitrogens with zero attached hydrogens (tertiary/aromatic N) is 3. The largest absolute Gasteiger partial charge is 0.399 e. The molecular weight excluding hydrogens is 262 g/mol. The minimum absolute atomic E-state index is 0.230. The van der Waals surface area contributed by atoms with Crippen molar-refractivity contribution in [2.75, 3.05) is 5.73 Å². The highest BCUT2D eigenvalue weighted by molar-refractivity contribution is 7.13. The van der Waals surface area contributed by atoms with Gasteiger partial charge in [0.05, 0.1) is 11.0 Å². The number of anilines is 1. The van der Waals surface area contributed by atoms with Gasteiger partial charge in [0.15, 0.2) is 0 Å². The fourth-order valence-corrected chi connectivity index (χ4v) is 2.73. The quantitative estimate of drug-likeness (QED) is 0.699. The van der Waals surface area contributed by atoms with Gasteiger partial charge in [0.1, 0.15) is 5.01 Å². The van der Waals surface area contributed by atoms with E-state index in [0.29, 0.717) is 22.3 Å². The summed E-state index contributed by atoms with van der Waals surface area (Å²) in [6, 6.07) is 5.30. The number of aromatic amines is 1. The molecule has 1 aromatic carbocycles. The summed E-state index contributed by atoms with van der Waals surface area (Å²) in [5.41, 5.74) is 7.55. The summed E-state index contributed by atoms with van der Waals surface area (Å²) in [5, 5.41) is 9.68. The van der Waals surface area contributed by atoms with E-state index in [1.54, 1.807) is 18.2 Å². The zero-order chi connectivity index (χ0) is 13.6. The molecule has 7 heteroatoms. The van der Waals surface area contributed by atoms with Crippen LogP contribution in [0.3, 0.4) is 0 Å². The lowest BCUT2D eigenvalue weighted by molar-refractivity contribution is 0.818. The lowest BCUT2D eigenvalue weighted by Crippen LogP contribution is -2.14. The number of fused-ring (bicyclic) bond motifs is 1. The van der Waals surface area contributed by atoms with Crippen LogP contribution in [0.2, 0.25) is 0 Å². The number of nitrogen functional groups attached to an aromatic ring is 1. The fourth-order valence-electron chi connectivity index (χ4n) is 1.87. The third-order valence-electron chi connectivity index (χ3n) is 2.82. The summed E-state index contributed by atoms with van der Waals surface area (Å²) < 4.78 is 1.53. The number of imidazole rings is 1. The molecule has 98 valence electrons. The van der Waals surface area contributed by atoms with E-state index >= 15 is 0 Å². The van der Waals surface area contributed by atoms with Crippen LogP contribution in [-0.4, -0.2) is 19.7 Å². The lowest BCUT2D eigenvalue weighted by atomic mass is 10.2. The van der Waals surface area contributed by atoms with E-state index in [1.807, 2.05) is 13.8 Å². The van der Waals surface area contributed by atoms with Crippen molar-refractivity contribution in [3.63, 3.8) is 0 Å². The van der Waals surface area contributed by atoms with Gasteiger partial charge in [-0.25, -0.2) is 9.36 Å². The maximum absolute atomic E-state index is 12.0. The molecule has 0 saturated carbocycles. The van der Waals surface area contributed by atoms with E-state index in [9.17, 15) is 4.79 Å². The van der Waals surface area contributed by atoms with Crippen LogP contribution in [-0.2, 0) is 0 Å². The van der Waals surface area contributed by atoms with Crippen molar-refractivity contribution in [1.29, 1.82) is 0 Å². The summed E-state index contributed by atoms with van der Waals surface area (Å²) in [7, 11) is 0. The molecule has 19 heavy (non-hydrogen) atoms. The molecular formula is C12H13N5OS. The second-order valence-corrected chi connectivity index (χ2v) is 5.61. The number of H-pyrrole nitrogens is 1. The van der Waals surface area contributed by atoms with Crippen LogP contribution in [0.4, 0.5) is 5.69 Å². The Hall–Kier alpha value is -2.15. The van der Waals surface area contributed by atoms with Crippen LogP contribution < -0.4 is 11.4 Å². The van der Waals surface area contributed by atoms with Crippen molar-refractivity contribution in [1.82, 2.24) is 19.7 Å². The van der Waals surface area contributed by atoms with Crippen molar-refractivity contribution < 1.29 is 0 Å².